The van der Waals surface area contributed by atoms with E-state index in [2.05, 4.69) is 89.5 Å². The number of anilines is 2. The summed E-state index contributed by atoms with van der Waals surface area (Å²) in [6.07, 6.45) is 0. The number of piperazine rings is 1. The van der Waals surface area contributed by atoms with Gasteiger partial charge < -0.3 is 15.1 Å². The zero-order valence-electron chi connectivity index (χ0n) is 18.2. The van der Waals surface area contributed by atoms with Crippen molar-refractivity contribution in [2.24, 2.45) is 0 Å². The van der Waals surface area contributed by atoms with Gasteiger partial charge in [0, 0.05) is 42.6 Å². The highest BCUT2D eigenvalue weighted by atomic mass is 15.2. The van der Waals surface area contributed by atoms with Crippen molar-refractivity contribution in [2.75, 3.05) is 43.4 Å². The molecule has 0 bridgehead atoms. The second-order valence-corrected chi connectivity index (χ2v) is 8.31. The average Bonchev–Trinajstić information content (AvgIpc) is 2.72. The highest BCUT2D eigenvalue weighted by molar-refractivity contribution is 5.95. The van der Waals surface area contributed by atoms with Crippen molar-refractivity contribution in [3.8, 4) is 0 Å². The van der Waals surface area contributed by atoms with Gasteiger partial charge in [-0.2, -0.15) is 5.10 Å². The predicted molar refractivity (Wildman–Crippen MR) is 122 cm³/mol. The van der Waals surface area contributed by atoms with Gasteiger partial charge in [0.2, 0.25) is 0 Å². The molecule has 1 saturated heterocycles. The van der Waals surface area contributed by atoms with Crippen LogP contribution in [0.15, 0.2) is 36.4 Å². The van der Waals surface area contributed by atoms with Gasteiger partial charge in [-0.3, -0.25) is 0 Å². The minimum absolute atomic E-state index is 0.155. The molecule has 0 unspecified atom stereocenters. The maximum Gasteiger partial charge on any atom is 0.157 e. The third-order valence-electron chi connectivity index (χ3n) is 6.28. The number of nitrogens with zero attached hydrogens (tertiary/aromatic N) is 4. The van der Waals surface area contributed by atoms with Crippen molar-refractivity contribution in [3.63, 3.8) is 0 Å². The normalized spacial score (nSPS) is 16.2. The molecule has 1 aliphatic rings. The van der Waals surface area contributed by atoms with Crippen LogP contribution in [0.4, 0.5) is 11.5 Å². The quantitative estimate of drug-likeness (QED) is 0.713. The fraction of sp³-hybridized carbons (Fsp3) is 0.417. The first-order valence-electron chi connectivity index (χ1n) is 10.5. The van der Waals surface area contributed by atoms with Crippen molar-refractivity contribution in [3.05, 3.63) is 58.8 Å². The van der Waals surface area contributed by atoms with Crippen LogP contribution in [-0.4, -0.2) is 48.3 Å². The van der Waals surface area contributed by atoms with Crippen molar-refractivity contribution in [1.29, 1.82) is 0 Å². The molecular formula is C24H31N5. The Morgan fingerprint density at radius 3 is 2.45 bits per heavy atom. The first-order chi connectivity index (χ1) is 13.9. The molecule has 152 valence electrons. The molecule has 0 amide bonds. The molecular weight excluding hydrogens is 358 g/mol. The summed E-state index contributed by atoms with van der Waals surface area (Å²) in [6.45, 7) is 12.9. The number of rotatable bonds is 4. The molecule has 1 atom stereocenters. The van der Waals surface area contributed by atoms with Crippen LogP contribution < -0.4 is 10.2 Å². The molecule has 0 saturated carbocycles. The van der Waals surface area contributed by atoms with E-state index in [0.29, 0.717) is 0 Å². The molecule has 3 aromatic rings. The zero-order chi connectivity index (χ0) is 20.5. The van der Waals surface area contributed by atoms with E-state index < -0.39 is 0 Å². The Hall–Kier alpha value is -2.66. The number of hydrogen-bond acceptors (Lipinski definition) is 5. The summed E-state index contributed by atoms with van der Waals surface area (Å²) < 4.78 is 0. The average molecular weight is 390 g/mol. The lowest BCUT2D eigenvalue weighted by Gasteiger charge is -2.34. The molecule has 2 heterocycles. The lowest BCUT2D eigenvalue weighted by Crippen LogP contribution is -2.44. The Morgan fingerprint density at radius 2 is 1.69 bits per heavy atom. The van der Waals surface area contributed by atoms with E-state index in [1.165, 1.54) is 22.4 Å². The van der Waals surface area contributed by atoms with Gasteiger partial charge in [-0.1, -0.05) is 24.3 Å². The van der Waals surface area contributed by atoms with Gasteiger partial charge in [-0.15, -0.1) is 5.10 Å². The van der Waals surface area contributed by atoms with Crippen molar-refractivity contribution < 1.29 is 0 Å². The predicted octanol–water partition coefficient (Wildman–Crippen LogP) is 4.48. The lowest BCUT2D eigenvalue weighted by atomic mass is 9.98. The summed E-state index contributed by atoms with van der Waals surface area (Å²) >= 11 is 0. The van der Waals surface area contributed by atoms with Crippen molar-refractivity contribution >= 4 is 22.3 Å². The Balaban J connectivity index is 1.69. The van der Waals surface area contributed by atoms with E-state index >= 15 is 0 Å². The van der Waals surface area contributed by atoms with Gasteiger partial charge in [0.15, 0.2) is 5.82 Å². The molecule has 2 aromatic carbocycles. The summed E-state index contributed by atoms with van der Waals surface area (Å²) in [6, 6.07) is 13.3. The van der Waals surface area contributed by atoms with E-state index in [1.54, 1.807) is 0 Å². The molecule has 0 spiro atoms. The van der Waals surface area contributed by atoms with Gasteiger partial charge in [-0.05, 0) is 63.6 Å². The molecule has 5 heteroatoms. The Morgan fingerprint density at radius 1 is 0.931 bits per heavy atom. The second-order valence-electron chi connectivity index (χ2n) is 8.31. The van der Waals surface area contributed by atoms with Crippen LogP contribution in [0.25, 0.3) is 10.8 Å². The van der Waals surface area contributed by atoms with Gasteiger partial charge in [0.1, 0.15) is 0 Å². The van der Waals surface area contributed by atoms with Crippen LogP contribution in [-0.2, 0) is 0 Å². The number of nitrogens with one attached hydrogen (secondary N) is 1. The number of aryl methyl sites for hydroxylation is 2. The standard InChI is InChI=1S/C24H31N5/c1-16-7-6-8-21(17(16)2)18(3)25-24-23-15-20(29-13-11-28(5)12-14-29)9-10-22(23)19(4)26-27-24/h6-10,15,18H,11-14H2,1-5H3,(H,25,27)/t18-/m1/s1. The van der Waals surface area contributed by atoms with Crippen molar-refractivity contribution in [2.45, 2.75) is 33.7 Å². The smallest absolute Gasteiger partial charge is 0.157 e. The molecule has 0 aliphatic carbocycles. The number of benzene rings is 2. The largest absolute Gasteiger partial charge is 0.369 e. The molecule has 1 aromatic heterocycles. The van der Waals surface area contributed by atoms with Gasteiger partial charge >= 0.3 is 0 Å². The Labute approximate surface area is 173 Å². The maximum absolute atomic E-state index is 4.53. The van der Waals surface area contributed by atoms with E-state index in [0.717, 1.165) is 48.5 Å². The highest BCUT2D eigenvalue weighted by Gasteiger charge is 2.17. The Bertz CT molecular complexity index is 1020. The molecule has 29 heavy (non-hydrogen) atoms. The molecule has 1 aliphatic heterocycles. The van der Waals surface area contributed by atoms with Gasteiger partial charge in [0.05, 0.1) is 11.7 Å². The van der Waals surface area contributed by atoms with Crippen LogP contribution in [0.3, 0.4) is 0 Å². The monoisotopic (exact) mass is 389 g/mol. The van der Waals surface area contributed by atoms with Crippen LogP contribution in [0.2, 0.25) is 0 Å². The van der Waals surface area contributed by atoms with E-state index in [9.17, 15) is 0 Å². The van der Waals surface area contributed by atoms with Crippen LogP contribution in [0.1, 0.15) is 35.3 Å². The topological polar surface area (TPSA) is 44.3 Å². The molecule has 4 rings (SSSR count). The summed E-state index contributed by atoms with van der Waals surface area (Å²) in [5, 5.41) is 14.9. The van der Waals surface area contributed by atoms with Crippen molar-refractivity contribution in [1.82, 2.24) is 15.1 Å². The number of fused-ring (bicyclic) bond motifs is 1. The minimum atomic E-state index is 0.155. The number of likely N-dealkylation sites (N-methyl/N-ethyl adjacent to an activating group) is 1. The van der Waals surface area contributed by atoms with E-state index in [-0.39, 0.29) is 6.04 Å². The first kappa shape index (κ1) is 19.6. The molecule has 1 fully saturated rings. The zero-order valence-corrected chi connectivity index (χ0v) is 18.2. The van der Waals surface area contributed by atoms with Gasteiger partial charge in [0.25, 0.3) is 0 Å². The van der Waals surface area contributed by atoms with E-state index in [4.69, 9.17) is 0 Å². The highest BCUT2D eigenvalue weighted by Crippen LogP contribution is 2.31. The Kier molecular flexibility index (Phi) is 5.41. The summed E-state index contributed by atoms with van der Waals surface area (Å²) in [5.41, 5.74) is 6.18. The van der Waals surface area contributed by atoms with Crippen LogP contribution >= 0.6 is 0 Å². The van der Waals surface area contributed by atoms with Gasteiger partial charge in [-0.25, -0.2) is 0 Å². The van der Waals surface area contributed by atoms with E-state index in [1.807, 2.05) is 6.92 Å². The fourth-order valence-electron chi connectivity index (χ4n) is 4.17. The fourth-order valence-corrected chi connectivity index (χ4v) is 4.17. The third kappa shape index (κ3) is 3.92. The lowest BCUT2D eigenvalue weighted by molar-refractivity contribution is 0.313. The first-order valence-corrected chi connectivity index (χ1v) is 10.5. The number of aromatic nitrogens is 2. The maximum atomic E-state index is 4.53. The number of hydrogen-bond donors (Lipinski definition) is 1. The summed E-state index contributed by atoms with van der Waals surface area (Å²) in [7, 11) is 2.19. The third-order valence-corrected chi connectivity index (χ3v) is 6.28. The summed E-state index contributed by atoms with van der Waals surface area (Å²) in [5.74, 6) is 0.856. The molecule has 0 radical (unpaired) electrons. The van der Waals surface area contributed by atoms with Crippen LogP contribution in [0, 0.1) is 20.8 Å². The summed E-state index contributed by atoms with van der Waals surface area (Å²) in [4.78, 5) is 4.85. The second kappa shape index (κ2) is 7.99. The molecule has 5 nitrogen and oxygen atoms in total. The SMILES string of the molecule is Cc1cccc([C@@H](C)Nc2nnc(C)c3ccc(N4CCN(C)CC4)cc23)c1C. The molecule has 1 N–H and O–H groups in total. The minimum Gasteiger partial charge on any atom is -0.369 e. The van der Waals surface area contributed by atoms with Crippen LogP contribution in [0.5, 0.6) is 0 Å².